The molecule has 1 aromatic rings. The minimum Gasteiger partial charge on any atom is -0.406 e. The number of piperidine rings is 1. The van der Waals surface area contributed by atoms with Crippen LogP contribution in [0.4, 0.5) is 13.2 Å². The Morgan fingerprint density at radius 1 is 1.08 bits per heavy atom. The molecular formula is C15H19F3N2O3S. The predicted octanol–water partition coefficient (Wildman–Crippen LogP) is 2.49. The van der Waals surface area contributed by atoms with E-state index in [0.29, 0.717) is 0 Å². The molecule has 0 aliphatic carbocycles. The van der Waals surface area contributed by atoms with Gasteiger partial charge < -0.3 is 4.74 Å². The predicted molar refractivity (Wildman–Crippen MR) is 81.1 cm³/mol. The van der Waals surface area contributed by atoms with Crippen molar-refractivity contribution in [1.29, 1.82) is 0 Å². The molecule has 2 aliphatic heterocycles. The molecule has 0 unspecified atom stereocenters. The summed E-state index contributed by atoms with van der Waals surface area (Å²) in [7, 11) is -3.77. The lowest BCUT2D eigenvalue weighted by atomic mass is 10.00. The van der Waals surface area contributed by atoms with Gasteiger partial charge in [-0.05, 0) is 50.1 Å². The summed E-state index contributed by atoms with van der Waals surface area (Å²) in [5.74, 6) is -0.444. The van der Waals surface area contributed by atoms with Gasteiger partial charge in [-0.25, -0.2) is 13.1 Å². The minimum atomic E-state index is -4.80. The number of benzene rings is 1. The molecule has 0 saturated carbocycles. The molecule has 0 radical (unpaired) electrons. The molecule has 0 spiro atoms. The smallest absolute Gasteiger partial charge is 0.406 e. The summed E-state index contributed by atoms with van der Waals surface area (Å²) in [4.78, 5) is 2.24. The van der Waals surface area contributed by atoms with Crippen molar-refractivity contribution in [3.8, 4) is 5.75 Å². The van der Waals surface area contributed by atoms with Crippen LogP contribution in [-0.2, 0) is 10.0 Å². The lowest BCUT2D eigenvalue weighted by Gasteiger charge is -2.32. The second kappa shape index (κ2) is 6.53. The summed E-state index contributed by atoms with van der Waals surface area (Å²) in [5.41, 5.74) is 0. The van der Waals surface area contributed by atoms with E-state index in [1.165, 1.54) is 0 Å². The molecule has 2 heterocycles. The molecule has 9 heteroatoms. The van der Waals surface area contributed by atoms with Crippen molar-refractivity contribution in [2.75, 3.05) is 13.1 Å². The van der Waals surface area contributed by atoms with Crippen LogP contribution in [-0.4, -0.2) is 44.9 Å². The summed E-state index contributed by atoms with van der Waals surface area (Å²) in [6.45, 7) is 1.86. The van der Waals surface area contributed by atoms with E-state index >= 15 is 0 Å². The first-order valence-electron chi connectivity index (χ1n) is 7.87. The van der Waals surface area contributed by atoms with Crippen molar-refractivity contribution >= 4 is 10.0 Å². The Bertz CT molecular complexity index is 676. The Hall–Kier alpha value is -1.32. The largest absolute Gasteiger partial charge is 0.573 e. The lowest BCUT2D eigenvalue weighted by Crippen LogP contribution is -2.46. The van der Waals surface area contributed by atoms with Gasteiger partial charge in [-0.2, -0.15) is 0 Å². The number of hydrogen-bond acceptors (Lipinski definition) is 4. The minimum absolute atomic E-state index is 0.0636. The van der Waals surface area contributed by atoms with Crippen molar-refractivity contribution in [2.24, 2.45) is 0 Å². The second-order valence-electron chi connectivity index (χ2n) is 6.13. The molecule has 1 aromatic carbocycles. The summed E-state index contributed by atoms with van der Waals surface area (Å²) < 4.78 is 67.8. The average Bonchev–Trinajstić information content (AvgIpc) is 2.89. The fourth-order valence-electron chi connectivity index (χ4n) is 3.47. The first kappa shape index (κ1) is 17.5. The molecule has 5 nitrogen and oxygen atoms in total. The number of halogens is 3. The molecular weight excluding hydrogens is 345 g/mol. The Balaban J connectivity index is 1.69. The van der Waals surface area contributed by atoms with Gasteiger partial charge >= 0.3 is 6.36 Å². The Morgan fingerprint density at radius 2 is 1.79 bits per heavy atom. The Kier molecular flexibility index (Phi) is 4.76. The molecule has 0 aromatic heterocycles. The molecule has 2 atom stereocenters. The third-order valence-electron chi connectivity index (χ3n) is 4.53. The monoisotopic (exact) mass is 364 g/mol. The summed E-state index contributed by atoms with van der Waals surface area (Å²) in [6.07, 6.45) is -0.864. The van der Waals surface area contributed by atoms with Crippen LogP contribution in [0.3, 0.4) is 0 Å². The second-order valence-corrected chi connectivity index (χ2v) is 7.85. The number of rotatable bonds is 4. The van der Waals surface area contributed by atoms with E-state index in [1.54, 1.807) is 0 Å². The molecule has 2 aliphatic rings. The van der Waals surface area contributed by atoms with Gasteiger partial charge in [0.15, 0.2) is 0 Å². The maximum absolute atomic E-state index is 12.5. The highest BCUT2D eigenvalue weighted by atomic mass is 32.2. The van der Waals surface area contributed by atoms with Crippen LogP contribution in [0, 0.1) is 0 Å². The van der Waals surface area contributed by atoms with Crippen LogP contribution in [0.2, 0.25) is 0 Å². The van der Waals surface area contributed by atoms with E-state index in [9.17, 15) is 21.6 Å². The van der Waals surface area contributed by atoms with Crippen LogP contribution in [0.5, 0.6) is 5.75 Å². The average molecular weight is 364 g/mol. The van der Waals surface area contributed by atoms with Gasteiger partial charge in [-0.15, -0.1) is 13.2 Å². The van der Waals surface area contributed by atoms with Crippen molar-refractivity contribution < 1.29 is 26.3 Å². The highest BCUT2D eigenvalue weighted by Crippen LogP contribution is 2.29. The topological polar surface area (TPSA) is 58.6 Å². The highest BCUT2D eigenvalue weighted by molar-refractivity contribution is 7.89. The zero-order chi connectivity index (χ0) is 17.4. The van der Waals surface area contributed by atoms with Crippen molar-refractivity contribution in [2.45, 2.75) is 49.0 Å². The SMILES string of the molecule is O=S(=O)(N[C@@H]1CCN2CCCC[C@H]12)c1ccc(OC(F)(F)F)cc1. The standard InChI is InChI=1S/C15H19F3N2O3S/c16-15(17,18)23-11-4-6-12(7-5-11)24(21,22)19-13-8-10-20-9-2-1-3-14(13)20/h4-7,13-14,19H,1-3,8-10H2/t13-,14-/m1/s1. The van der Waals surface area contributed by atoms with Gasteiger partial charge in [0.1, 0.15) is 5.75 Å². The number of nitrogens with one attached hydrogen (secondary N) is 1. The Labute approximate surface area is 138 Å². The molecule has 0 bridgehead atoms. The van der Waals surface area contributed by atoms with E-state index in [1.807, 2.05) is 0 Å². The normalized spacial score (nSPS) is 25.5. The van der Waals surface area contributed by atoms with Crippen LogP contribution in [0.15, 0.2) is 29.2 Å². The van der Waals surface area contributed by atoms with Crippen molar-refractivity contribution in [3.63, 3.8) is 0 Å². The van der Waals surface area contributed by atoms with E-state index in [-0.39, 0.29) is 17.0 Å². The van der Waals surface area contributed by atoms with Gasteiger partial charge in [0, 0.05) is 18.6 Å². The first-order valence-corrected chi connectivity index (χ1v) is 9.35. The van der Waals surface area contributed by atoms with Gasteiger partial charge in [-0.1, -0.05) is 6.42 Å². The van der Waals surface area contributed by atoms with Crippen LogP contribution < -0.4 is 9.46 Å². The number of fused-ring (bicyclic) bond motifs is 1. The van der Waals surface area contributed by atoms with Gasteiger partial charge in [0.05, 0.1) is 4.90 Å². The van der Waals surface area contributed by atoms with Crippen molar-refractivity contribution in [3.05, 3.63) is 24.3 Å². The molecule has 1 N–H and O–H groups in total. The van der Waals surface area contributed by atoms with Crippen LogP contribution in [0.1, 0.15) is 25.7 Å². The number of hydrogen-bond donors (Lipinski definition) is 1. The number of nitrogens with zero attached hydrogens (tertiary/aromatic N) is 1. The molecule has 24 heavy (non-hydrogen) atoms. The fraction of sp³-hybridized carbons (Fsp3) is 0.600. The number of sulfonamides is 1. The quantitative estimate of drug-likeness (QED) is 0.892. The van der Waals surface area contributed by atoms with E-state index < -0.39 is 22.1 Å². The highest BCUT2D eigenvalue weighted by Gasteiger charge is 2.38. The van der Waals surface area contributed by atoms with Crippen LogP contribution in [0.25, 0.3) is 0 Å². The molecule has 134 valence electrons. The maximum Gasteiger partial charge on any atom is 0.573 e. The molecule has 3 rings (SSSR count). The third-order valence-corrected chi connectivity index (χ3v) is 6.04. The van der Waals surface area contributed by atoms with Gasteiger partial charge in [0.2, 0.25) is 10.0 Å². The molecule has 0 amide bonds. The third kappa shape index (κ3) is 4.01. The lowest BCUT2D eigenvalue weighted by molar-refractivity contribution is -0.274. The molecule has 2 fully saturated rings. The maximum atomic E-state index is 12.5. The zero-order valence-corrected chi connectivity index (χ0v) is 13.7. The fourth-order valence-corrected chi connectivity index (χ4v) is 4.78. The Morgan fingerprint density at radius 3 is 2.46 bits per heavy atom. The van der Waals surface area contributed by atoms with E-state index in [4.69, 9.17) is 0 Å². The summed E-state index contributed by atoms with van der Waals surface area (Å²) >= 11 is 0. The van der Waals surface area contributed by atoms with E-state index in [0.717, 1.165) is 63.0 Å². The number of alkyl halides is 3. The van der Waals surface area contributed by atoms with E-state index in [2.05, 4.69) is 14.4 Å². The van der Waals surface area contributed by atoms with Gasteiger partial charge in [-0.3, -0.25) is 4.90 Å². The van der Waals surface area contributed by atoms with Crippen molar-refractivity contribution in [1.82, 2.24) is 9.62 Å². The number of ether oxygens (including phenoxy) is 1. The first-order chi connectivity index (χ1) is 11.2. The summed E-state index contributed by atoms with van der Waals surface area (Å²) in [6, 6.07) is 4.31. The summed E-state index contributed by atoms with van der Waals surface area (Å²) in [5, 5.41) is 0. The molecule has 2 saturated heterocycles. The zero-order valence-electron chi connectivity index (χ0n) is 12.9. The van der Waals surface area contributed by atoms with Gasteiger partial charge in [0.25, 0.3) is 0 Å². The van der Waals surface area contributed by atoms with Crippen LogP contribution >= 0.6 is 0 Å².